The van der Waals surface area contributed by atoms with Crippen molar-refractivity contribution in [2.24, 2.45) is 5.92 Å². The lowest BCUT2D eigenvalue weighted by Gasteiger charge is -2.42. The fraction of sp³-hybridized carbons (Fsp3) is 0.438. The highest BCUT2D eigenvalue weighted by atomic mass is 32.1. The lowest BCUT2D eigenvalue weighted by atomic mass is 9.83. The summed E-state index contributed by atoms with van der Waals surface area (Å²) < 4.78 is 5.57. The van der Waals surface area contributed by atoms with E-state index in [9.17, 15) is 14.4 Å². The first-order valence-corrected chi connectivity index (χ1v) is 9.14. The zero-order chi connectivity index (χ0) is 18.3. The van der Waals surface area contributed by atoms with Gasteiger partial charge in [-0.1, -0.05) is 10.6 Å². The van der Waals surface area contributed by atoms with E-state index in [1.165, 1.54) is 7.05 Å². The molecule has 0 aromatic carbocycles. The number of urea groups is 1. The highest BCUT2D eigenvalue weighted by molar-refractivity contribution is 7.10. The minimum Gasteiger partial charge on any atom is -0.354 e. The van der Waals surface area contributed by atoms with Gasteiger partial charge in [0.2, 0.25) is 0 Å². The topological polar surface area (TPSA) is 109 Å². The van der Waals surface area contributed by atoms with Crippen molar-refractivity contribution in [3.63, 3.8) is 0 Å². The summed E-state index contributed by atoms with van der Waals surface area (Å²) in [6, 6.07) is 5.03. The summed E-state index contributed by atoms with van der Waals surface area (Å²) in [5, 5.41) is 9.33. The van der Waals surface area contributed by atoms with Crippen molar-refractivity contribution in [1.29, 1.82) is 0 Å². The monoisotopic (exact) mass is 374 g/mol. The Bertz CT molecular complexity index is 923. The summed E-state index contributed by atoms with van der Waals surface area (Å²) in [5.74, 6) is -0.0110. The number of amides is 3. The molecule has 0 spiro atoms. The first-order chi connectivity index (χ1) is 12.6. The van der Waals surface area contributed by atoms with Crippen LogP contribution in [0.15, 0.2) is 23.0 Å². The van der Waals surface area contributed by atoms with Crippen LogP contribution in [0.2, 0.25) is 0 Å². The number of fused-ring (bicyclic) bond motifs is 4. The molecule has 136 valence electrons. The van der Waals surface area contributed by atoms with Gasteiger partial charge in [0.15, 0.2) is 10.7 Å². The van der Waals surface area contributed by atoms with E-state index in [1.807, 2.05) is 10.6 Å². The number of anilines is 1. The molecular weight excluding hydrogens is 356 g/mol. The van der Waals surface area contributed by atoms with Gasteiger partial charge in [-0.3, -0.25) is 14.9 Å². The smallest absolute Gasteiger partial charge is 0.322 e. The molecule has 2 aliphatic heterocycles. The summed E-state index contributed by atoms with van der Waals surface area (Å²) in [4.78, 5) is 38.3. The quantitative estimate of drug-likeness (QED) is 0.805. The summed E-state index contributed by atoms with van der Waals surface area (Å²) in [7, 11) is 1.50. The molecular formula is C16H18N6O3S. The summed E-state index contributed by atoms with van der Waals surface area (Å²) in [6.07, 6.45) is 0.971. The Morgan fingerprint density at radius 3 is 2.92 bits per heavy atom. The summed E-state index contributed by atoms with van der Waals surface area (Å²) in [5.41, 5.74) is 1.11. The van der Waals surface area contributed by atoms with E-state index >= 15 is 0 Å². The number of likely N-dealkylation sites (tertiary alicyclic amines) is 1. The molecule has 2 N–H and O–H groups in total. The Morgan fingerprint density at radius 2 is 2.12 bits per heavy atom. The van der Waals surface area contributed by atoms with Gasteiger partial charge >= 0.3 is 6.03 Å². The van der Waals surface area contributed by atoms with Gasteiger partial charge in [-0.05, 0) is 18.4 Å². The molecule has 2 aromatic heterocycles. The molecule has 2 atom stereocenters. The van der Waals surface area contributed by atoms with E-state index < -0.39 is 5.91 Å². The molecule has 4 rings (SSSR count). The number of nitrogens with zero attached hydrogens (tertiary/aromatic N) is 4. The number of nitrogens with one attached hydrogen (secondary N) is 2. The molecule has 2 aliphatic rings. The summed E-state index contributed by atoms with van der Waals surface area (Å²) >= 11 is 0.971. The van der Waals surface area contributed by atoms with Gasteiger partial charge in [0.1, 0.15) is 0 Å². The van der Waals surface area contributed by atoms with Crippen LogP contribution in [0.5, 0.6) is 0 Å². The number of carbonyl (C=O) groups excluding carboxylic acids is 2. The first-order valence-electron chi connectivity index (χ1n) is 8.37. The van der Waals surface area contributed by atoms with E-state index in [-0.39, 0.29) is 29.1 Å². The van der Waals surface area contributed by atoms with Gasteiger partial charge in [-0.15, -0.1) is 5.10 Å². The molecule has 2 aromatic rings. The van der Waals surface area contributed by atoms with Crippen LogP contribution in [0.1, 0.15) is 28.5 Å². The zero-order valence-electron chi connectivity index (χ0n) is 14.1. The van der Waals surface area contributed by atoms with Gasteiger partial charge in [-0.2, -0.15) is 0 Å². The lowest BCUT2D eigenvalue weighted by Crippen LogP contribution is -2.50. The maximum atomic E-state index is 12.7. The fourth-order valence-corrected chi connectivity index (χ4v) is 4.34. The second-order valence-electron chi connectivity index (χ2n) is 6.56. The molecule has 3 amide bonds. The van der Waals surface area contributed by atoms with E-state index in [0.29, 0.717) is 24.6 Å². The zero-order valence-corrected chi connectivity index (χ0v) is 15.0. The highest BCUT2D eigenvalue weighted by Crippen LogP contribution is 2.35. The third-order valence-corrected chi connectivity index (χ3v) is 5.56. The molecule has 26 heavy (non-hydrogen) atoms. The average Bonchev–Trinajstić information content (AvgIpc) is 3.10. The van der Waals surface area contributed by atoms with Crippen LogP contribution >= 0.6 is 11.5 Å². The number of piperidine rings is 1. The van der Waals surface area contributed by atoms with E-state index in [2.05, 4.69) is 20.2 Å². The molecule has 10 heteroatoms. The van der Waals surface area contributed by atoms with Gasteiger partial charge in [0, 0.05) is 55.9 Å². The van der Waals surface area contributed by atoms with Crippen molar-refractivity contribution in [1.82, 2.24) is 24.4 Å². The second-order valence-corrected chi connectivity index (χ2v) is 7.32. The number of aromatic nitrogens is 3. The third kappa shape index (κ3) is 2.85. The van der Waals surface area contributed by atoms with Crippen molar-refractivity contribution >= 4 is 28.5 Å². The molecule has 2 bridgehead atoms. The van der Waals surface area contributed by atoms with Crippen LogP contribution in [-0.4, -0.2) is 51.1 Å². The average molecular weight is 374 g/mol. The molecule has 0 radical (unpaired) electrons. The molecule has 4 heterocycles. The maximum absolute atomic E-state index is 12.7. The van der Waals surface area contributed by atoms with Crippen LogP contribution in [0, 0.1) is 5.92 Å². The number of hydrogen-bond acceptors (Lipinski definition) is 6. The molecule has 1 saturated heterocycles. The van der Waals surface area contributed by atoms with Crippen molar-refractivity contribution in [2.75, 3.05) is 25.5 Å². The number of rotatable bonds is 2. The molecule has 9 nitrogen and oxygen atoms in total. The van der Waals surface area contributed by atoms with E-state index in [0.717, 1.165) is 23.6 Å². The van der Waals surface area contributed by atoms with Crippen LogP contribution < -0.4 is 16.2 Å². The first kappa shape index (κ1) is 16.7. The van der Waals surface area contributed by atoms with E-state index in [4.69, 9.17) is 0 Å². The lowest BCUT2D eigenvalue weighted by molar-refractivity contribution is 0.0959. The molecule has 0 aliphatic carbocycles. The van der Waals surface area contributed by atoms with Crippen LogP contribution in [0.3, 0.4) is 0 Å². The Balaban J connectivity index is 1.52. The largest absolute Gasteiger partial charge is 0.354 e. The van der Waals surface area contributed by atoms with Crippen molar-refractivity contribution in [2.45, 2.75) is 18.9 Å². The third-order valence-electron chi connectivity index (χ3n) is 4.92. The van der Waals surface area contributed by atoms with Gasteiger partial charge in [0.05, 0.1) is 0 Å². The van der Waals surface area contributed by atoms with Gasteiger partial charge in [0.25, 0.3) is 11.5 Å². The van der Waals surface area contributed by atoms with Crippen molar-refractivity contribution in [3.05, 3.63) is 39.9 Å². The van der Waals surface area contributed by atoms with Crippen molar-refractivity contribution < 1.29 is 9.59 Å². The number of pyridine rings is 1. The van der Waals surface area contributed by atoms with Gasteiger partial charge in [-0.25, -0.2) is 4.79 Å². The normalized spacial score (nSPS) is 21.0. The molecule has 0 saturated carbocycles. The van der Waals surface area contributed by atoms with Crippen molar-refractivity contribution in [3.8, 4) is 0 Å². The number of carbonyl (C=O) groups is 2. The summed E-state index contributed by atoms with van der Waals surface area (Å²) in [6.45, 7) is 1.73. The van der Waals surface area contributed by atoms with Gasteiger partial charge < -0.3 is 14.8 Å². The Hall–Kier alpha value is -2.75. The predicted molar refractivity (Wildman–Crippen MR) is 95.4 cm³/mol. The van der Waals surface area contributed by atoms with Crippen LogP contribution in [0.4, 0.5) is 9.80 Å². The Morgan fingerprint density at radius 1 is 1.27 bits per heavy atom. The minimum absolute atomic E-state index is 0.0149. The highest BCUT2D eigenvalue weighted by Gasteiger charge is 2.36. The fourth-order valence-electron chi connectivity index (χ4n) is 3.78. The second kappa shape index (κ2) is 6.52. The van der Waals surface area contributed by atoms with E-state index in [1.54, 1.807) is 17.0 Å². The molecule has 1 fully saturated rings. The molecule has 0 unspecified atom stereocenters. The van der Waals surface area contributed by atoms with Crippen LogP contribution in [-0.2, 0) is 6.54 Å². The predicted octanol–water partition coefficient (Wildman–Crippen LogP) is 0.711. The minimum atomic E-state index is -0.391. The maximum Gasteiger partial charge on any atom is 0.322 e. The Kier molecular flexibility index (Phi) is 4.19. The van der Waals surface area contributed by atoms with Crippen LogP contribution in [0.25, 0.3) is 0 Å². The number of hydrogen-bond donors (Lipinski definition) is 2. The Labute approximate surface area is 153 Å². The standard InChI is InChI=1S/C16H18N6O3S/c1-17-14(24)13-15(26-20-19-13)18-16(25)21-6-9-5-10(8-21)11-3-2-4-12(23)22(11)7-9/h2-4,9-10H,5-8H2,1H3,(H,17,24)(H,18,25)/t9-,10-/m0/s1. The SMILES string of the molecule is CNC(=O)c1nnsc1NC(=O)N1C[C@@H]2C[C@@H](C1)c1cccc(=O)n1C2.